The van der Waals surface area contributed by atoms with E-state index in [0.717, 1.165) is 6.07 Å². The van der Waals surface area contributed by atoms with Crippen LogP contribution in [0.5, 0.6) is 0 Å². The number of nitrogens with zero attached hydrogens (tertiary/aromatic N) is 1. The lowest BCUT2D eigenvalue weighted by atomic mass is 10.1. The Kier molecular flexibility index (Phi) is 5.88. The van der Waals surface area contributed by atoms with E-state index in [2.05, 4.69) is 5.32 Å². The smallest absolute Gasteiger partial charge is 0.384 e. The van der Waals surface area contributed by atoms with Gasteiger partial charge in [-0.2, -0.15) is 13.2 Å². The Morgan fingerprint density at radius 1 is 1.40 bits per heavy atom. The highest BCUT2D eigenvalue weighted by atomic mass is 35.5. The molecule has 5 nitrogen and oxygen atoms in total. The van der Waals surface area contributed by atoms with E-state index in [1.165, 1.54) is 24.1 Å². The van der Waals surface area contributed by atoms with Crippen molar-refractivity contribution in [2.45, 2.75) is 25.1 Å². The zero-order chi connectivity index (χ0) is 18.8. The molecule has 1 atom stereocenters. The molecule has 0 aromatic heterocycles. The van der Waals surface area contributed by atoms with E-state index in [4.69, 9.17) is 11.6 Å². The average Bonchev–Trinajstić information content (AvgIpc) is 2.87. The molecule has 2 rings (SSSR count). The van der Waals surface area contributed by atoms with Crippen LogP contribution in [-0.4, -0.2) is 50.4 Å². The van der Waals surface area contributed by atoms with Gasteiger partial charge in [-0.25, -0.2) is 8.42 Å². The molecule has 1 aromatic rings. The molecule has 0 radical (unpaired) electrons. The van der Waals surface area contributed by atoms with Gasteiger partial charge in [0.15, 0.2) is 9.84 Å². The van der Waals surface area contributed by atoms with Gasteiger partial charge in [0, 0.05) is 36.8 Å². The fourth-order valence-corrected chi connectivity index (χ4v) is 4.62. The van der Waals surface area contributed by atoms with Crippen LogP contribution in [0.15, 0.2) is 18.2 Å². The van der Waals surface area contributed by atoms with E-state index in [0.29, 0.717) is 6.42 Å². The summed E-state index contributed by atoms with van der Waals surface area (Å²) in [6, 6.07) is 2.99. The minimum absolute atomic E-state index is 0.00659. The van der Waals surface area contributed by atoms with Crippen molar-refractivity contribution >= 4 is 33.0 Å². The highest BCUT2D eigenvalue weighted by molar-refractivity contribution is 7.91. The maximum atomic E-state index is 13.0. The Hall–Kier alpha value is -1.48. The Morgan fingerprint density at radius 3 is 2.64 bits per heavy atom. The first-order valence-corrected chi connectivity index (χ1v) is 9.76. The van der Waals surface area contributed by atoms with Gasteiger partial charge >= 0.3 is 6.18 Å². The summed E-state index contributed by atoms with van der Waals surface area (Å²) >= 11 is 5.61. The molecule has 0 saturated carbocycles. The fraction of sp³-hybridized carbons (Fsp3) is 0.533. The van der Waals surface area contributed by atoms with Crippen molar-refractivity contribution in [1.82, 2.24) is 4.90 Å². The van der Waals surface area contributed by atoms with Crippen molar-refractivity contribution in [2.75, 3.05) is 30.4 Å². The summed E-state index contributed by atoms with van der Waals surface area (Å²) in [5.41, 5.74) is -1.06. The number of halogens is 4. The van der Waals surface area contributed by atoms with Gasteiger partial charge in [0.25, 0.3) is 0 Å². The molecule has 1 N–H and O–H groups in total. The number of nitrogens with one attached hydrogen (secondary N) is 1. The number of carbonyl (C=O) groups is 1. The molecule has 1 aliphatic rings. The third kappa shape index (κ3) is 5.24. The Labute approximate surface area is 149 Å². The zero-order valence-electron chi connectivity index (χ0n) is 13.4. The van der Waals surface area contributed by atoms with Gasteiger partial charge in [-0.3, -0.25) is 4.79 Å². The summed E-state index contributed by atoms with van der Waals surface area (Å²) in [7, 11) is -1.60. The number of rotatable bonds is 5. The first kappa shape index (κ1) is 19.8. The number of sulfone groups is 1. The van der Waals surface area contributed by atoms with Crippen LogP contribution in [-0.2, 0) is 20.8 Å². The summed E-state index contributed by atoms with van der Waals surface area (Å²) in [6.45, 7) is -0.00659. The van der Waals surface area contributed by atoms with Gasteiger partial charge in [0.1, 0.15) is 0 Å². The predicted octanol–water partition coefficient (Wildman–Crippen LogP) is 2.81. The summed E-state index contributed by atoms with van der Waals surface area (Å²) in [6.07, 6.45) is -4.23. The predicted molar refractivity (Wildman–Crippen MR) is 89.4 cm³/mol. The monoisotopic (exact) mass is 398 g/mol. The molecule has 0 bridgehead atoms. The summed E-state index contributed by atoms with van der Waals surface area (Å²) in [5, 5.41) is 2.56. The standard InChI is InChI=1S/C15H18ClF3N2O3S/c1-21(11-5-7-25(23,24)9-11)14(22)4-6-20-13-3-2-10(16)8-12(13)15(17,18)19/h2-3,8,11,20H,4-7,9H2,1H3. The topological polar surface area (TPSA) is 66.5 Å². The van der Waals surface area contributed by atoms with Crippen molar-refractivity contribution in [3.05, 3.63) is 28.8 Å². The second-order valence-corrected chi connectivity index (χ2v) is 8.59. The van der Waals surface area contributed by atoms with Crippen LogP contribution in [0.1, 0.15) is 18.4 Å². The van der Waals surface area contributed by atoms with Gasteiger partial charge in [-0.1, -0.05) is 11.6 Å². The minimum atomic E-state index is -4.56. The first-order valence-electron chi connectivity index (χ1n) is 7.56. The van der Waals surface area contributed by atoms with Crippen LogP contribution in [0.2, 0.25) is 5.02 Å². The summed E-state index contributed by atoms with van der Waals surface area (Å²) in [5.74, 6) is -0.345. The summed E-state index contributed by atoms with van der Waals surface area (Å²) in [4.78, 5) is 13.5. The lowest BCUT2D eigenvalue weighted by Crippen LogP contribution is -2.38. The molecule has 25 heavy (non-hydrogen) atoms. The van der Waals surface area contributed by atoms with E-state index in [1.807, 2.05) is 0 Å². The number of carbonyl (C=O) groups excluding carboxylic acids is 1. The van der Waals surface area contributed by atoms with Crippen LogP contribution in [0.25, 0.3) is 0 Å². The molecule has 1 fully saturated rings. The maximum absolute atomic E-state index is 13.0. The van der Waals surface area contributed by atoms with Crippen molar-refractivity contribution in [3.8, 4) is 0 Å². The van der Waals surface area contributed by atoms with Crippen molar-refractivity contribution in [1.29, 1.82) is 0 Å². The molecule has 1 unspecified atom stereocenters. The van der Waals surface area contributed by atoms with Crippen molar-refractivity contribution in [2.24, 2.45) is 0 Å². The van der Waals surface area contributed by atoms with Crippen LogP contribution in [0.4, 0.5) is 18.9 Å². The molecule has 1 aliphatic heterocycles. The Balaban J connectivity index is 1.94. The molecular weight excluding hydrogens is 381 g/mol. The largest absolute Gasteiger partial charge is 0.418 e. The molecule has 1 saturated heterocycles. The van der Waals surface area contributed by atoms with Gasteiger partial charge in [-0.15, -0.1) is 0 Å². The van der Waals surface area contributed by atoms with Gasteiger partial charge < -0.3 is 10.2 Å². The van der Waals surface area contributed by atoms with Crippen LogP contribution in [0.3, 0.4) is 0 Å². The highest BCUT2D eigenvalue weighted by Crippen LogP contribution is 2.36. The molecule has 140 valence electrons. The molecular formula is C15H18ClF3N2O3S. The van der Waals surface area contributed by atoms with Gasteiger partial charge in [0.2, 0.25) is 5.91 Å². The number of alkyl halides is 3. The quantitative estimate of drug-likeness (QED) is 0.828. The molecule has 1 amide bonds. The second kappa shape index (κ2) is 7.41. The van der Waals surface area contributed by atoms with E-state index in [1.54, 1.807) is 0 Å². The van der Waals surface area contributed by atoms with Crippen LogP contribution < -0.4 is 5.32 Å². The number of hydrogen-bond donors (Lipinski definition) is 1. The molecule has 10 heteroatoms. The van der Waals surface area contributed by atoms with Gasteiger partial charge in [0.05, 0.1) is 17.1 Å². The number of amides is 1. The second-order valence-electron chi connectivity index (χ2n) is 5.93. The lowest BCUT2D eigenvalue weighted by molar-refractivity contribution is -0.137. The normalized spacial score (nSPS) is 19.6. The average molecular weight is 399 g/mol. The number of benzene rings is 1. The fourth-order valence-electron chi connectivity index (χ4n) is 2.67. The van der Waals surface area contributed by atoms with E-state index in [-0.39, 0.29) is 47.1 Å². The Bertz CT molecular complexity index is 753. The SMILES string of the molecule is CN(C(=O)CCNc1ccc(Cl)cc1C(F)(F)F)C1CCS(=O)(=O)C1. The van der Waals surface area contributed by atoms with Crippen LogP contribution >= 0.6 is 11.6 Å². The minimum Gasteiger partial charge on any atom is -0.384 e. The maximum Gasteiger partial charge on any atom is 0.418 e. The Morgan fingerprint density at radius 2 is 2.08 bits per heavy atom. The third-order valence-corrected chi connectivity index (χ3v) is 6.08. The number of anilines is 1. The molecule has 1 heterocycles. The first-order chi connectivity index (χ1) is 11.5. The molecule has 0 aliphatic carbocycles. The zero-order valence-corrected chi connectivity index (χ0v) is 15.0. The summed E-state index contributed by atoms with van der Waals surface area (Å²) < 4.78 is 61.9. The molecule has 1 aromatic carbocycles. The van der Waals surface area contributed by atoms with Crippen LogP contribution in [0, 0.1) is 0 Å². The van der Waals surface area contributed by atoms with E-state index in [9.17, 15) is 26.4 Å². The van der Waals surface area contributed by atoms with Crippen molar-refractivity contribution in [3.63, 3.8) is 0 Å². The van der Waals surface area contributed by atoms with E-state index >= 15 is 0 Å². The van der Waals surface area contributed by atoms with Crippen molar-refractivity contribution < 1.29 is 26.4 Å². The van der Waals surface area contributed by atoms with E-state index < -0.39 is 21.6 Å². The number of hydrogen-bond acceptors (Lipinski definition) is 4. The molecule has 0 spiro atoms. The lowest BCUT2D eigenvalue weighted by Gasteiger charge is -2.23. The third-order valence-electron chi connectivity index (χ3n) is 4.09. The van der Waals surface area contributed by atoms with Gasteiger partial charge in [-0.05, 0) is 24.6 Å². The highest BCUT2D eigenvalue weighted by Gasteiger charge is 2.34.